The Bertz CT molecular complexity index is 524. The van der Waals surface area contributed by atoms with Crippen LogP contribution in [0.2, 0.25) is 0 Å². The Morgan fingerprint density at radius 2 is 2.28 bits per heavy atom. The minimum atomic E-state index is -1.12. The SMILES string of the molecule is CO[C@@H]1C(O)[C@H](n2ccc(=O)[nH]c2=O)O[C@@H]1CO. The number of nitrogens with one attached hydrogen (secondary N) is 1. The molecule has 18 heavy (non-hydrogen) atoms. The van der Waals surface area contributed by atoms with E-state index in [1.165, 1.54) is 13.3 Å². The van der Waals surface area contributed by atoms with Crippen molar-refractivity contribution in [1.82, 2.24) is 9.55 Å². The fourth-order valence-electron chi connectivity index (χ4n) is 2.02. The summed E-state index contributed by atoms with van der Waals surface area (Å²) in [6.45, 7) is -0.343. The maximum atomic E-state index is 11.6. The van der Waals surface area contributed by atoms with Gasteiger partial charge in [-0.15, -0.1) is 0 Å². The van der Waals surface area contributed by atoms with E-state index in [1.807, 2.05) is 0 Å². The molecular formula is C10H14N2O6. The number of aliphatic hydroxyl groups excluding tert-OH is 2. The van der Waals surface area contributed by atoms with Crippen molar-refractivity contribution in [3.8, 4) is 0 Å². The molecule has 1 aromatic heterocycles. The number of aromatic nitrogens is 2. The molecule has 0 spiro atoms. The number of H-pyrrole nitrogens is 1. The molecule has 1 aliphatic heterocycles. The molecule has 1 saturated heterocycles. The predicted octanol–water partition coefficient (Wildman–Crippen LogP) is -2.20. The smallest absolute Gasteiger partial charge is 0.330 e. The van der Waals surface area contributed by atoms with Crippen LogP contribution in [-0.4, -0.2) is 51.8 Å². The second-order valence-electron chi connectivity index (χ2n) is 3.96. The van der Waals surface area contributed by atoms with Crippen molar-refractivity contribution in [3.05, 3.63) is 33.1 Å². The Labute approximate surface area is 101 Å². The molecule has 1 unspecified atom stereocenters. The number of methoxy groups -OCH3 is 1. The lowest BCUT2D eigenvalue weighted by molar-refractivity contribution is -0.0569. The summed E-state index contributed by atoms with van der Waals surface area (Å²) in [5.74, 6) is 0. The Kier molecular flexibility index (Phi) is 3.62. The third kappa shape index (κ3) is 2.10. The molecule has 0 aromatic carbocycles. The third-order valence-corrected chi connectivity index (χ3v) is 2.89. The van der Waals surface area contributed by atoms with E-state index in [-0.39, 0.29) is 6.61 Å². The first-order chi connectivity index (χ1) is 8.58. The zero-order valence-electron chi connectivity index (χ0n) is 9.65. The molecule has 8 nitrogen and oxygen atoms in total. The molecule has 8 heteroatoms. The second kappa shape index (κ2) is 5.02. The van der Waals surface area contributed by atoms with Gasteiger partial charge in [0.25, 0.3) is 5.56 Å². The summed E-state index contributed by atoms with van der Waals surface area (Å²) >= 11 is 0. The van der Waals surface area contributed by atoms with Crippen molar-refractivity contribution in [3.63, 3.8) is 0 Å². The largest absolute Gasteiger partial charge is 0.394 e. The molecule has 0 bridgehead atoms. The van der Waals surface area contributed by atoms with E-state index in [0.29, 0.717) is 0 Å². The molecule has 1 fully saturated rings. The summed E-state index contributed by atoms with van der Waals surface area (Å²) < 4.78 is 11.4. The molecule has 4 atom stereocenters. The van der Waals surface area contributed by atoms with Crippen molar-refractivity contribution < 1.29 is 19.7 Å². The van der Waals surface area contributed by atoms with Crippen LogP contribution in [0.1, 0.15) is 6.23 Å². The molecule has 0 saturated carbocycles. The van der Waals surface area contributed by atoms with Gasteiger partial charge < -0.3 is 19.7 Å². The summed E-state index contributed by atoms with van der Waals surface area (Å²) in [6, 6.07) is 1.14. The van der Waals surface area contributed by atoms with E-state index in [4.69, 9.17) is 14.6 Å². The van der Waals surface area contributed by atoms with Crippen molar-refractivity contribution >= 4 is 0 Å². The zero-order chi connectivity index (χ0) is 13.3. The molecule has 0 radical (unpaired) electrons. The fraction of sp³-hybridized carbons (Fsp3) is 0.600. The van der Waals surface area contributed by atoms with Crippen LogP contribution in [0.3, 0.4) is 0 Å². The van der Waals surface area contributed by atoms with Crippen LogP contribution in [-0.2, 0) is 9.47 Å². The van der Waals surface area contributed by atoms with Gasteiger partial charge in [0.05, 0.1) is 6.61 Å². The van der Waals surface area contributed by atoms with Crippen molar-refractivity contribution in [2.45, 2.75) is 24.5 Å². The molecule has 0 aliphatic carbocycles. The van der Waals surface area contributed by atoms with Gasteiger partial charge in [-0.05, 0) is 0 Å². The molecule has 0 amide bonds. The normalized spacial score (nSPS) is 31.7. The molecular weight excluding hydrogens is 244 g/mol. The average molecular weight is 258 g/mol. The molecule has 100 valence electrons. The van der Waals surface area contributed by atoms with Crippen LogP contribution >= 0.6 is 0 Å². The predicted molar refractivity (Wildman–Crippen MR) is 59.1 cm³/mol. The first-order valence-electron chi connectivity index (χ1n) is 5.37. The standard InChI is InChI=1S/C10H14N2O6/c1-17-8-5(4-13)18-9(7(8)15)12-3-2-6(14)11-10(12)16/h2-3,5,7-9,13,15H,4H2,1H3,(H,11,14,16)/t5-,7?,8+,9-/m1/s1. The van der Waals surface area contributed by atoms with E-state index >= 15 is 0 Å². The number of hydrogen-bond donors (Lipinski definition) is 3. The maximum Gasteiger partial charge on any atom is 0.330 e. The summed E-state index contributed by atoms with van der Waals surface area (Å²) in [4.78, 5) is 24.6. The van der Waals surface area contributed by atoms with Gasteiger partial charge in [-0.1, -0.05) is 0 Å². The lowest BCUT2D eigenvalue weighted by Crippen LogP contribution is -2.38. The monoisotopic (exact) mass is 258 g/mol. The number of aromatic amines is 1. The van der Waals surface area contributed by atoms with Crippen molar-refractivity contribution in [2.75, 3.05) is 13.7 Å². The highest BCUT2D eigenvalue weighted by Crippen LogP contribution is 2.29. The highest BCUT2D eigenvalue weighted by molar-refractivity contribution is 4.93. The van der Waals surface area contributed by atoms with Crippen LogP contribution in [0.15, 0.2) is 21.9 Å². The second-order valence-corrected chi connectivity index (χ2v) is 3.96. The third-order valence-electron chi connectivity index (χ3n) is 2.89. The van der Waals surface area contributed by atoms with E-state index in [2.05, 4.69) is 4.98 Å². The van der Waals surface area contributed by atoms with E-state index in [0.717, 1.165) is 10.6 Å². The van der Waals surface area contributed by atoms with E-state index in [9.17, 15) is 14.7 Å². The molecule has 3 N–H and O–H groups in total. The minimum Gasteiger partial charge on any atom is -0.394 e. The molecule has 2 rings (SSSR count). The quantitative estimate of drug-likeness (QED) is 0.567. The minimum absolute atomic E-state index is 0.343. The average Bonchev–Trinajstić information content (AvgIpc) is 2.66. The number of hydrogen-bond acceptors (Lipinski definition) is 6. The Morgan fingerprint density at radius 1 is 1.56 bits per heavy atom. The highest BCUT2D eigenvalue weighted by atomic mass is 16.6. The molecule has 1 aromatic rings. The lowest BCUT2D eigenvalue weighted by Gasteiger charge is -2.17. The van der Waals surface area contributed by atoms with E-state index in [1.54, 1.807) is 0 Å². The highest BCUT2D eigenvalue weighted by Gasteiger charge is 2.44. The van der Waals surface area contributed by atoms with Gasteiger partial charge in [-0.3, -0.25) is 14.3 Å². The molecule has 2 heterocycles. The molecule has 1 aliphatic rings. The van der Waals surface area contributed by atoms with Gasteiger partial charge >= 0.3 is 5.69 Å². The number of ether oxygens (including phenoxy) is 2. The maximum absolute atomic E-state index is 11.6. The topological polar surface area (TPSA) is 114 Å². The summed E-state index contributed by atoms with van der Waals surface area (Å²) in [5.41, 5.74) is -1.23. The Morgan fingerprint density at radius 3 is 2.78 bits per heavy atom. The van der Waals surface area contributed by atoms with Gasteiger partial charge in [0.2, 0.25) is 0 Å². The van der Waals surface area contributed by atoms with Crippen molar-refractivity contribution in [1.29, 1.82) is 0 Å². The first-order valence-corrected chi connectivity index (χ1v) is 5.37. The van der Waals surface area contributed by atoms with Gasteiger partial charge in [0.1, 0.15) is 18.3 Å². The first kappa shape index (κ1) is 13.0. The van der Waals surface area contributed by atoms with Gasteiger partial charge in [0, 0.05) is 19.4 Å². The fourth-order valence-corrected chi connectivity index (χ4v) is 2.02. The number of aliphatic hydroxyl groups is 2. The lowest BCUT2D eigenvalue weighted by atomic mass is 10.1. The van der Waals surface area contributed by atoms with Crippen LogP contribution < -0.4 is 11.2 Å². The van der Waals surface area contributed by atoms with Gasteiger partial charge in [-0.25, -0.2) is 4.79 Å². The van der Waals surface area contributed by atoms with Crippen LogP contribution in [0.25, 0.3) is 0 Å². The summed E-state index contributed by atoms with van der Waals surface area (Å²) in [5, 5.41) is 19.1. The number of rotatable bonds is 3. The summed E-state index contributed by atoms with van der Waals surface area (Å²) in [6.07, 6.45) is -2.36. The number of nitrogens with zero attached hydrogens (tertiary/aromatic N) is 1. The van der Waals surface area contributed by atoms with Gasteiger partial charge in [-0.2, -0.15) is 0 Å². The summed E-state index contributed by atoms with van der Waals surface area (Å²) in [7, 11) is 1.37. The Hall–Kier alpha value is -1.48. The van der Waals surface area contributed by atoms with E-state index < -0.39 is 35.8 Å². The van der Waals surface area contributed by atoms with Crippen LogP contribution in [0.5, 0.6) is 0 Å². The van der Waals surface area contributed by atoms with Crippen LogP contribution in [0.4, 0.5) is 0 Å². The van der Waals surface area contributed by atoms with Gasteiger partial charge in [0.15, 0.2) is 6.23 Å². The van der Waals surface area contributed by atoms with Crippen molar-refractivity contribution in [2.24, 2.45) is 0 Å². The Balaban J connectivity index is 2.34. The zero-order valence-corrected chi connectivity index (χ0v) is 9.65. The van der Waals surface area contributed by atoms with Crippen LogP contribution in [0, 0.1) is 0 Å².